The van der Waals surface area contributed by atoms with Crippen molar-refractivity contribution in [1.82, 2.24) is 5.32 Å². The van der Waals surface area contributed by atoms with Crippen LogP contribution in [0.1, 0.15) is 11.1 Å². The molecule has 1 fully saturated rings. The van der Waals surface area contributed by atoms with Crippen LogP contribution in [0.2, 0.25) is 0 Å². The van der Waals surface area contributed by atoms with Gasteiger partial charge in [0, 0.05) is 12.1 Å². The summed E-state index contributed by atoms with van der Waals surface area (Å²) < 4.78 is 0. The SMILES string of the molecule is Cc1ccc(N=C2NC(=O)/C(=C/c3ccc([N+](=O)[O-])cc3)S2)cc1. The Labute approximate surface area is 142 Å². The Morgan fingerprint density at radius 3 is 2.42 bits per heavy atom. The van der Waals surface area contributed by atoms with Crippen LogP contribution in [0.3, 0.4) is 0 Å². The first-order chi connectivity index (χ1) is 11.5. The molecule has 1 saturated heterocycles. The molecule has 6 nitrogen and oxygen atoms in total. The monoisotopic (exact) mass is 339 g/mol. The molecule has 1 N–H and O–H groups in total. The minimum Gasteiger partial charge on any atom is -0.300 e. The Bertz CT molecular complexity index is 856. The molecule has 1 aliphatic heterocycles. The number of nitro benzene ring substituents is 1. The topological polar surface area (TPSA) is 84.6 Å². The number of thioether (sulfide) groups is 1. The third-order valence-electron chi connectivity index (χ3n) is 3.32. The third kappa shape index (κ3) is 3.69. The number of amidine groups is 1. The summed E-state index contributed by atoms with van der Waals surface area (Å²) in [6.07, 6.45) is 1.68. The van der Waals surface area contributed by atoms with E-state index in [4.69, 9.17) is 0 Å². The van der Waals surface area contributed by atoms with E-state index >= 15 is 0 Å². The van der Waals surface area contributed by atoms with Crippen molar-refractivity contribution in [3.8, 4) is 0 Å². The van der Waals surface area contributed by atoms with Crippen molar-refractivity contribution in [2.75, 3.05) is 0 Å². The molecule has 0 aromatic heterocycles. The van der Waals surface area contributed by atoms with Crippen LogP contribution in [-0.2, 0) is 4.79 Å². The number of nitro groups is 1. The standard InChI is InChI=1S/C17H13N3O3S/c1-11-2-6-13(7-3-11)18-17-19-16(21)15(24-17)10-12-4-8-14(9-5-12)20(22)23/h2-10H,1H3,(H,18,19,21)/b15-10-. The molecule has 2 aromatic rings. The number of hydrogen-bond acceptors (Lipinski definition) is 5. The fourth-order valence-corrected chi connectivity index (χ4v) is 2.90. The largest absolute Gasteiger partial charge is 0.300 e. The van der Waals surface area contributed by atoms with Gasteiger partial charge in [-0.3, -0.25) is 14.9 Å². The van der Waals surface area contributed by atoms with Crippen LogP contribution in [0.25, 0.3) is 6.08 Å². The predicted molar refractivity (Wildman–Crippen MR) is 95.1 cm³/mol. The van der Waals surface area contributed by atoms with E-state index in [9.17, 15) is 14.9 Å². The Morgan fingerprint density at radius 2 is 1.79 bits per heavy atom. The maximum Gasteiger partial charge on any atom is 0.269 e. The molecule has 3 rings (SSSR count). The number of nitrogens with zero attached hydrogens (tertiary/aromatic N) is 2. The van der Waals surface area contributed by atoms with Gasteiger partial charge in [0.25, 0.3) is 11.6 Å². The summed E-state index contributed by atoms with van der Waals surface area (Å²) >= 11 is 1.24. The number of carbonyl (C=O) groups is 1. The van der Waals surface area contributed by atoms with Crippen molar-refractivity contribution in [3.05, 3.63) is 74.7 Å². The minimum atomic E-state index is -0.458. The number of aliphatic imine (C=N–C) groups is 1. The molecule has 0 aliphatic carbocycles. The highest BCUT2D eigenvalue weighted by molar-refractivity contribution is 8.18. The first-order valence-corrected chi connectivity index (χ1v) is 7.93. The summed E-state index contributed by atoms with van der Waals surface area (Å²) in [5.41, 5.74) is 2.64. The highest BCUT2D eigenvalue weighted by atomic mass is 32.2. The van der Waals surface area contributed by atoms with Crippen LogP contribution < -0.4 is 5.32 Å². The molecule has 120 valence electrons. The molecule has 1 aliphatic rings. The van der Waals surface area contributed by atoms with Gasteiger partial charge in [-0.05, 0) is 54.6 Å². The summed E-state index contributed by atoms with van der Waals surface area (Å²) in [5, 5.41) is 13.9. The molecule has 7 heteroatoms. The lowest BCUT2D eigenvalue weighted by Crippen LogP contribution is -2.19. The summed E-state index contributed by atoms with van der Waals surface area (Å²) in [6.45, 7) is 1.99. The number of amides is 1. The smallest absolute Gasteiger partial charge is 0.269 e. The molecule has 0 bridgehead atoms. The second-order valence-electron chi connectivity index (χ2n) is 5.17. The molecule has 0 saturated carbocycles. The van der Waals surface area contributed by atoms with Gasteiger partial charge in [0.15, 0.2) is 5.17 Å². The van der Waals surface area contributed by atoms with Gasteiger partial charge in [0.2, 0.25) is 0 Å². The zero-order valence-corrected chi connectivity index (χ0v) is 13.5. The molecule has 0 spiro atoms. The average Bonchev–Trinajstić information content (AvgIpc) is 2.89. The normalized spacial score (nSPS) is 17.3. The van der Waals surface area contributed by atoms with Crippen LogP contribution in [0.5, 0.6) is 0 Å². The van der Waals surface area contributed by atoms with E-state index in [1.54, 1.807) is 18.2 Å². The van der Waals surface area contributed by atoms with E-state index in [0.29, 0.717) is 10.1 Å². The molecule has 1 amide bonds. The van der Waals surface area contributed by atoms with E-state index in [1.165, 1.54) is 23.9 Å². The number of hydrogen-bond donors (Lipinski definition) is 1. The van der Waals surface area contributed by atoms with Gasteiger partial charge in [-0.25, -0.2) is 4.99 Å². The first-order valence-electron chi connectivity index (χ1n) is 7.12. The van der Waals surface area contributed by atoms with Crippen molar-refractivity contribution >= 4 is 40.3 Å². The molecular formula is C17H13N3O3S. The van der Waals surface area contributed by atoms with Crippen LogP contribution >= 0.6 is 11.8 Å². The lowest BCUT2D eigenvalue weighted by molar-refractivity contribution is -0.384. The van der Waals surface area contributed by atoms with E-state index in [1.807, 2.05) is 31.2 Å². The summed E-state index contributed by atoms with van der Waals surface area (Å²) in [6, 6.07) is 13.7. The first kappa shape index (κ1) is 15.9. The molecule has 0 atom stereocenters. The van der Waals surface area contributed by atoms with Crippen molar-refractivity contribution in [2.45, 2.75) is 6.92 Å². The van der Waals surface area contributed by atoms with Crippen molar-refractivity contribution < 1.29 is 9.72 Å². The fraction of sp³-hybridized carbons (Fsp3) is 0.0588. The average molecular weight is 339 g/mol. The van der Waals surface area contributed by atoms with E-state index in [-0.39, 0.29) is 11.6 Å². The Hall–Kier alpha value is -2.93. The van der Waals surface area contributed by atoms with E-state index < -0.39 is 4.92 Å². The minimum absolute atomic E-state index is 0.0160. The molecule has 1 heterocycles. The third-order valence-corrected chi connectivity index (χ3v) is 4.23. The van der Waals surface area contributed by atoms with Crippen LogP contribution in [-0.4, -0.2) is 16.0 Å². The van der Waals surface area contributed by atoms with Gasteiger partial charge in [-0.15, -0.1) is 0 Å². The van der Waals surface area contributed by atoms with Crippen LogP contribution in [0, 0.1) is 17.0 Å². The lowest BCUT2D eigenvalue weighted by atomic mass is 10.2. The van der Waals surface area contributed by atoms with E-state index in [0.717, 1.165) is 16.8 Å². The van der Waals surface area contributed by atoms with E-state index in [2.05, 4.69) is 10.3 Å². The number of nitrogens with one attached hydrogen (secondary N) is 1. The number of carbonyl (C=O) groups excluding carboxylic acids is 1. The van der Waals surface area contributed by atoms with Gasteiger partial charge in [-0.2, -0.15) is 0 Å². The van der Waals surface area contributed by atoms with Gasteiger partial charge in [0.1, 0.15) is 0 Å². The highest BCUT2D eigenvalue weighted by Gasteiger charge is 2.23. The van der Waals surface area contributed by atoms with Crippen LogP contribution in [0.4, 0.5) is 11.4 Å². The van der Waals surface area contributed by atoms with Gasteiger partial charge in [-0.1, -0.05) is 17.7 Å². The van der Waals surface area contributed by atoms with Crippen molar-refractivity contribution in [1.29, 1.82) is 0 Å². The zero-order chi connectivity index (χ0) is 17.1. The molecular weight excluding hydrogens is 326 g/mol. The maximum atomic E-state index is 12.0. The maximum absolute atomic E-state index is 12.0. The van der Waals surface area contributed by atoms with Gasteiger partial charge >= 0.3 is 0 Å². The summed E-state index contributed by atoms with van der Waals surface area (Å²) in [4.78, 5) is 27.1. The Kier molecular flexibility index (Phi) is 4.43. The molecule has 0 radical (unpaired) electrons. The highest BCUT2D eigenvalue weighted by Crippen LogP contribution is 2.28. The number of benzene rings is 2. The number of aryl methyl sites for hydroxylation is 1. The Morgan fingerprint density at radius 1 is 1.12 bits per heavy atom. The van der Waals surface area contributed by atoms with Crippen molar-refractivity contribution in [2.24, 2.45) is 4.99 Å². The number of non-ortho nitro benzene ring substituents is 1. The zero-order valence-electron chi connectivity index (χ0n) is 12.7. The van der Waals surface area contributed by atoms with Gasteiger partial charge < -0.3 is 5.32 Å². The Balaban J connectivity index is 1.79. The number of rotatable bonds is 3. The second kappa shape index (κ2) is 6.67. The van der Waals surface area contributed by atoms with Crippen molar-refractivity contribution in [3.63, 3.8) is 0 Å². The van der Waals surface area contributed by atoms with Gasteiger partial charge in [0.05, 0.1) is 15.5 Å². The fourth-order valence-electron chi connectivity index (χ4n) is 2.06. The predicted octanol–water partition coefficient (Wildman–Crippen LogP) is 3.79. The lowest BCUT2D eigenvalue weighted by Gasteiger charge is -1.97. The summed E-state index contributed by atoms with van der Waals surface area (Å²) in [5.74, 6) is -0.232. The summed E-state index contributed by atoms with van der Waals surface area (Å²) in [7, 11) is 0. The quantitative estimate of drug-likeness (QED) is 0.524. The van der Waals surface area contributed by atoms with Crippen LogP contribution in [0.15, 0.2) is 58.4 Å². The molecule has 0 unspecified atom stereocenters. The molecule has 24 heavy (non-hydrogen) atoms. The second-order valence-corrected chi connectivity index (χ2v) is 6.20. The molecule has 2 aromatic carbocycles.